The summed E-state index contributed by atoms with van der Waals surface area (Å²) in [6, 6.07) is 14.9. The maximum atomic E-state index is 6.06. The Balaban J connectivity index is 1.81. The van der Waals surface area contributed by atoms with Gasteiger partial charge in [0.2, 0.25) is 0 Å². The van der Waals surface area contributed by atoms with E-state index in [4.69, 9.17) is 4.42 Å². The molecule has 1 N–H and O–H groups in total. The zero-order chi connectivity index (χ0) is 14.2. The van der Waals surface area contributed by atoms with E-state index in [2.05, 4.69) is 41.9 Å². The molecule has 0 aliphatic heterocycles. The van der Waals surface area contributed by atoms with Crippen molar-refractivity contribution in [1.82, 2.24) is 5.32 Å². The maximum Gasteiger partial charge on any atom is 0.134 e. The second kappa shape index (κ2) is 5.30. The first-order valence-corrected chi connectivity index (χ1v) is 8.73. The number of fused-ring (bicyclic) bond motifs is 2. The van der Waals surface area contributed by atoms with Gasteiger partial charge in [-0.2, -0.15) is 0 Å². The molecule has 0 saturated heterocycles. The smallest absolute Gasteiger partial charge is 0.134 e. The average molecular weight is 313 g/mol. The van der Waals surface area contributed by atoms with Crippen LogP contribution in [-0.4, -0.2) is 6.54 Å². The third kappa shape index (κ3) is 2.29. The second-order valence-corrected chi connectivity index (χ2v) is 7.04. The third-order valence-corrected chi connectivity index (χ3v) is 5.74. The Kier molecular flexibility index (Phi) is 3.30. The summed E-state index contributed by atoms with van der Waals surface area (Å²) in [6.45, 7) is 3.04. The molecule has 0 fully saturated rings. The molecule has 0 aliphatic carbocycles. The molecular weight excluding hydrogens is 298 g/mol. The monoisotopic (exact) mass is 313 g/mol. The Morgan fingerprint density at radius 3 is 2.86 bits per heavy atom. The van der Waals surface area contributed by atoms with E-state index in [0.717, 1.165) is 23.3 Å². The lowest BCUT2D eigenvalue weighted by molar-refractivity contribution is 0.481. The van der Waals surface area contributed by atoms with Gasteiger partial charge >= 0.3 is 0 Å². The average Bonchev–Trinajstić information content (AvgIpc) is 3.17. The van der Waals surface area contributed by atoms with Crippen molar-refractivity contribution in [2.45, 2.75) is 13.0 Å². The number of thiophene rings is 2. The van der Waals surface area contributed by atoms with Gasteiger partial charge in [-0.1, -0.05) is 25.1 Å². The molecule has 3 heterocycles. The Morgan fingerprint density at radius 1 is 1.14 bits per heavy atom. The molecule has 4 aromatic rings. The van der Waals surface area contributed by atoms with Gasteiger partial charge in [-0.3, -0.25) is 0 Å². The standard InChI is InChI=1S/C17H15NOS2/c1-2-18-17(16-10-15-14(21-16)7-8-20-15)13-9-11-5-3-4-6-12(11)19-13/h3-10,17-18H,2H2,1H3. The van der Waals surface area contributed by atoms with Crippen molar-refractivity contribution in [3.63, 3.8) is 0 Å². The van der Waals surface area contributed by atoms with Crippen molar-refractivity contribution in [3.8, 4) is 0 Å². The number of furan rings is 1. The zero-order valence-electron chi connectivity index (χ0n) is 11.6. The fourth-order valence-corrected chi connectivity index (χ4v) is 4.82. The summed E-state index contributed by atoms with van der Waals surface area (Å²) in [5.41, 5.74) is 0.953. The van der Waals surface area contributed by atoms with Crippen LogP contribution in [0.4, 0.5) is 0 Å². The van der Waals surface area contributed by atoms with Crippen molar-refractivity contribution >= 4 is 43.0 Å². The zero-order valence-corrected chi connectivity index (χ0v) is 13.3. The number of para-hydroxylation sites is 1. The number of benzene rings is 1. The van der Waals surface area contributed by atoms with Crippen molar-refractivity contribution in [2.75, 3.05) is 6.54 Å². The lowest BCUT2D eigenvalue weighted by Crippen LogP contribution is -2.20. The van der Waals surface area contributed by atoms with Crippen molar-refractivity contribution < 1.29 is 4.42 Å². The highest BCUT2D eigenvalue weighted by Crippen LogP contribution is 2.37. The fourth-order valence-electron chi connectivity index (χ4n) is 2.62. The molecule has 21 heavy (non-hydrogen) atoms. The normalized spacial score (nSPS) is 13.2. The topological polar surface area (TPSA) is 25.2 Å². The van der Waals surface area contributed by atoms with E-state index >= 15 is 0 Å². The highest BCUT2D eigenvalue weighted by atomic mass is 32.1. The van der Waals surface area contributed by atoms with Gasteiger partial charge in [0, 0.05) is 19.7 Å². The van der Waals surface area contributed by atoms with E-state index in [-0.39, 0.29) is 6.04 Å². The predicted molar refractivity (Wildman–Crippen MR) is 91.4 cm³/mol. The summed E-state index contributed by atoms with van der Waals surface area (Å²) in [5, 5.41) is 6.86. The minimum atomic E-state index is 0.131. The Labute approximate surface area is 131 Å². The van der Waals surface area contributed by atoms with Crippen LogP contribution < -0.4 is 5.32 Å². The van der Waals surface area contributed by atoms with Gasteiger partial charge < -0.3 is 9.73 Å². The summed E-state index contributed by atoms with van der Waals surface area (Å²) in [5.74, 6) is 0.993. The van der Waals surface area contributed by atoms with Crippen molar-refractivity contribution in [2.24, 2.45) is 0 Å². The summed E-state index contributed by atoms with van der Waals surface area (Å²) in [6.07, 6.45) is 0. The summed E-state index contributed by atoms with van der Waals surface area (Å²) < 4.78 is 8.77. The second-order valence-electron chi connectivity index (χ2n) is 4.98. The summed E-state index contributed by atoms with van der Waals surface area (Å²) >= 11 is 3.64. The van der Waals surface area contributed by atoms with E-state index in [0.29, 0.717) is 0 Å². The van der Waals surface area contributed by atoms with Crippen LogP contribution in [0.5, 0.6) is 0 Å². The first-order valence-electron chi connectivity index (χ1n) is 7.04. The number of rotatable bonds is 4. The van der Waals surface area contributed by atoms with Gasteiger partial charge in [-0.25, -0.2) is 0 Å². The Bertz CT molecular complexity index is 825. The van der Waals surface area contributed by atoms with Gasteiger partial charge in [-0.05, 0) is 36.2 Å². The van der Waals surface area contributed by atoms with Crippen LogP contribution in [0.1, 0.15) is 23.6 Å². The van der Waals surface area contributed by atoms with Gasteiger partial charge in [-0.15, -0.1) is 22.7 Å². The largest absolute Gasteiger partial charge is 0.459 e. The molecule has 1 aromatic carbocycles. The van der Waals surface area contributed by atoms with Crippen LogP contribution in [0.2, 0.25) is 0 Å². The minimum Gasteiger partial charge on any atom is -0.459 e. The van der Waals surface area contributed by atoms with Crippen LogP contribution in [0, 0.1) is 0 Å². The molecule has 3 aromatic heterocycles. The van der Waals surface area contributed by atoms with Gasteiger partial charge in [0.25, 0.3) is 0 Å². The van der Waals surface area contributed by atoms with E-state index in [1.165, 1.54) is 14.3 Å². The molecule has 4 rings (SSSR count). The van der Waals surface area contributed by atoms with E-state index in [9.17, 15) is 0 Å². The molecule has 0 radical (unpaired) electrons. The maximum absolute atomic E-state index is 6.06. The van der Waals surface area contributed by atoms with Crippen LogP contribution in [0.25, 0.3) is 20.4 Å². The molecule has 0 saturated carbocycles. The Hall–Kier alpha value is -1.62. The lowest BCUT2D eigenvalue weighted by atomic mass is 10.1. The SMILES string of the molecule is CCNC(c1cc2ccccc2o1)c1cc2sccc2s1. The molecule has 2 nitrogen and oxygen atoms in total. The minimum absolute atomic E-state index is 0.131. The molecular formula is C17H15NOS2. The highest BCUT2D eigenvalue weighted by molar-refractivity contribution is 7.27. The molecule has 0 aliphatic rings. The lowest BCUT2D eigenvalue weighted by Gasteiger charge is -2.13. The van der Waals surface area contributed by atoms with E-state index in [1.54, 1.807) is 11.3 Å². The quantitative estimate of drug-likeness (QED) is 0.545. The summed E-state index contributed by atoms with van der Waals surface area (Å²) in [7, 11) is 0. The third-order valence-electron chi connectivity index (χ3n) is 3.58. The van der Waals surface area contributed by atoms with Crippen LogP contribution >= 0.6 is 22.7 Å². The molecule has 1 unspecified atom stereocenters. The van der Waals surface area contributed by atoms with Crippen molar-refractivity contribution in [3.05, 3.63) is 58.5 Å². The van der Waals surface area contributed by atoms with Crippen LogP contribution in [-0.2, 0) is 0 Å². The van der Waals surface area contributed by atoms with Gasteiger partial charge in [0.1, 0.15) is 17.4 Å². The van der Waals surface area contributed by atoms with Crippen molar-refractivity contribution in [1.29, 1.82) is 0 Å². The molecule has 0 bridgehead atoms. The van der Waals surface area contributed by atoms with E-state index in [1.807, 2.05) is 29.5 Å². The first-order chi connectivity index (χ1) is 10.3. The number of hydrogen-bond acceptors (Lipinski definition) is 4. The number of nitrogens with one attached hydrogen (secondary N) is 1. The Morgan fingerprint density at radius 2 is 2.05 bits per heavy atom. The molecule has 4 heteroatoms. The van der Waals surface area contributed by atoms with Gasteiger partial charge in [0.15, 0.2) is 0 Å². The van der Waals surface area contributed by atoms with Crippen LogP contribution in [0.15, 0.2) is 52.3 Å². The molecule has 1 atom stereocenters. The van der Waals surface area contributed by atoms with E-state index < -0.39 is 0 Å². The number of hydrogen-bond donors (Lipinski definition) is 1. The van der Waals surface area contributed by atoms with Gasteiger partial charge in [0.05, 0.1) is 0 Å². The van der Waals surface area contributed by atoms with Crippen LogP contribution in [0.3, 0.4) is 0 Å². The fraction of sp³-hybridized carbons (Fsp3) is 0.176. The molecule has 106 valence electrons. The molecule has 0 amide bonds. The molecule has 0 spiro atoms. The highest BCUT2D eigenvalue weighted by Gasteiger charge is 2.20. The summed E-state index contributed by atoms with van der Waals surface area (Å²) in [4.78, 5) is 1.32. The first kappa shape index (κ1) is 13.1. The predicted octanol–water partition coefficient (Wildman–Crippen LogP) is 5.41.